The maximum Gasteiger partial charge on any atom is 0.186 e. The molecule has 0 radical (unpaired) electrons. The molecule has 0 bridgehead atoms. The van der Waals surface area contributed by atoms with Crippen molar-refractivity contribution < 1.29 is 9.13 Å². The Kier molecular flexibility index (Phi) is 5.39. The Balaban J connectivity index is 1.73. The van der Waals surface area contributed by atoms with Crippen molar-refractivity contribution in [1.82, 2.24) is 14.8 Å². The third kappa shape index (κ3) is 3.66. The van der Waals surface area contributed by atoms with Crippen molar-refractivity contribution in [2.45, 2.75) is 13.8 Å². The first-order valence-corrected chi connectivity index (χ1v) is 10.4. The van der Waals surface area contributed by atoms with E-state index in [1.807, 2.05) is 19.1 Å². The van der Waals surface area contributed by atoms with E-state index >= 15 is 0 Å². The highest BCUT2D eigenvalue weighted by Crippen LogP contribution is 2.38. The van der Waals surface area contributed by atoms with E-state index in [1.165, 1.54) is 6.07 Å². The highest BCUT2D eigenvalue weighted by molar-refractivity contribution is 7.14. The zero-order chi connectivity index (χ0) is 20.5. The lowest BCUT2D eigenvalue weighted by molar-refractivity contribution is 0.340. The first-order chi connectivity index (χ1) is 14.0. The van der Waals surface area contributed by atoms with Gasteiger partial charge in [0.05, 0.1) is 17.2 Å². The molecule has 0 aliphatic carbocycles. The summed E-state index contributed by atoms with van der Waals surface area (Å²) in [6, 6.07) is 12.6. The van der Waals surface area contributed by atoms with E-state index in [9.17, 15) is 4.39 Å². The molecule has 4 rings (SSSR count). The number of rotatable bonds is 5. The van der Waals surface area contributed by atoms with Crippen LogP contribution < -0.4 is 4.74 Å². The van der Waals surface area contributed by atoms with Crippen LogP contribution in [0.25, 0.3) is 33.2 Å². The van der Waals surface area contributed by atoms with Crippen molar-refractivity contribution >= 4 is 22.9 Å². The van der Waals surface area contributed by atoms with Crippen LogP contribution >= 0.6 is 22.9 Å². The van der Waals surface area contributed by atoms with Crippen molar-refractivity contribution in [3.05, 3.63) is 64.2 Å². The lowest BCUT2D eigenvalue weighted by atomic mass is 10.1. The van der Waals surface area contributed by atoms with E-state index in [0.29, 0.717) is 17.5 Å². The summed E-state index contributed by atoms with van der Waals surface area (Å²) in [7, 11) is 1.80. The van der Waals surface area contributed by atoms with E-state index in [2.05, 4.69) is 34.5 Å². The number of benzene rings is 2. The van der Waals surface area contributed by atoms with Gasteiger partial charge >= 0.3 is 0 Å². The Labute approximate surface area is 177 Å². The van der Waals surface area contributed by atoms with Crippen LogP contribution in [0.4, 0.5) is 4.39 Å². The number of aryl methyl sites for hydroxylation is 1. The van der Waals surface area contributed by atoms with Crippen LogP contribution in [0.15, 0.2) is 47.8 Å². The molecule has 0 aliphatic heterocycles. The summed E-state index contributed by atoms with van der Waals surface area (Å²) < 4.78 is 21.5. The second-order valence-corrected chi connectivity index (χ2v) is 7.83. The Bertz CT molecular complexity index is 1150. The van der Waals surface area contributed by atoms with Gasteiger partial charge < -0.3 is 4.74 Å². The summed E-state index contributed by atoms with van der Waals surface area (Å²) in [6.45, 7) is 4.66. The van der Waals surface area contributed by atoms with Crippen molar-refractivity contribution in [3.63, 3.8) is 0 Å². The summed E-state index contributed by atoms with van der Waals surface area (Å²) >= 11 is 7.83. The molecule has 4 aromatic rings. The van der Waals surface area contributed by atoms with E-state index in [0.717, 1.165) is 27.3 Å². The van der Waals surface area contributed by atoms with Crippen LogP contribution in [-0.2, 0) is 7.05 Å². The largest absolute Gasteiger partial charge is 0.494 e. The average molecular weight is 428 g/mol. The molecule has 2 aromatic heterocycles. The van der Waals surface area contributed by atoms with Gasteiger partial charge in [-0.1, -0.05) is 17.7 Å². The lowest BCUT2D eigenvalue weighted by Crippen LogP contribution is -1.95. The maximum absolute atomic E-state index is 14.3. The normalized spacial score (nSPS) is 11.1. The highest BCUT2D eigenvalue weighted by atomic mass is 35.5. The minimum absolute atomic E-state index is 0.218. The molecular formula is C22H19ClFN3OS. The topological polar surface area (TPSA) is 39.9 Å². The maximum atomic E-state index is 14.3. The predicted octanol–water partition coefficient (Wildman–Crippen LogP) is 6.38. The Hall–Kier alpha value is -2.70. The van der Waals surface area contributed by atoms with Gasteiger partial charge in [-0.05, 0) is 61.4 Å². The Morgan fingerprint density at radius 2 is 1.93 bits per heavy atom. The molecule has 0 aliphatic rings. The van der Waals surface area contributed by atoms with E-state index in [4.69, 9.17) is 16.3 Å². The van der Waals surface area contributed by atoms with Crippen LogP contribution in [0.1, 0.15) is 12.5 Å². The summed E-state index contributed by atoms with van der Waals surface area (Å²) in [4.78, 5) is 5.74. The fourth-order valence-corrected chi connectivity index (χ4v) is 4.55. The Morgan fingerprint density at radius 3 is 2.62 bits per heavy atom. The van der Waals surface area contributed by atoms with Crippen LogP contribution in [-0.4, -0.2) is 21.4 Å². The monoisotopic (exact) mass is 427 g/mol. The van der Waals surface area contributed by atoms with E-state index in [-0.39, 0.29) is 11.4 Å². The summed E-state index contributed by atoms with van der Waals surface area (Å²) in [6.07, 6.45) is 0. The van der Waals surface area contributed by atoms with Gasteiger partial charge in [0.25, 0.3) is 0 Å². The molecule has 4 nitrogen and oxygen atoms in total. The van der Waals surface area contributed by atoms with Crippen LogP contribution in [0, 0.1) is 12.7 Å². The number of nitrogens with zero attached hydrogens (tertiary/aromatic N) is 3. The zero-order valence-corrected chi connectivity index (χ0v) is 17.8. The van der Waals surface area contributed by atoms with Gasteiger partial charge in [-0.3, -0.25) is 0 Å². The minimum Gasteiger partial charge on any atom is -0.494 e. The fraction of sp³-hybridized carbons (Fsp3) is 0.182. The first kappa shape index (κ1) is 19.6. The lowest BCUT2D eigenvalue weighted by Gasteiger charge is -2.05. The summed E-state index contributed by atoms with van der Waals surface area (Å²) in [5.74, 6) is 1.36. The number of aromatic nitrogens is 3. The standard InChI is InChI=1S/C22H19ClFN3OS/c1-4-28-15-10-8-14(9-11-15)20-13(2)16(12-29-20)22-25-21(26-27(22)3)19-17(23)6-5-7-18(19)24/h5-12H,4H2,1-3H3. The van der Waals surface area contributed by atoms with Crippen molar-refractivity contribution in [2.24, 2.45) is 7.05 Å². The van der Waals surface area contributed by atoms with Gasteiger partial charge in [-0.25, -0.2) is 14.1 Å². The predicted molar refractivity (Wildman–Crippen MR) is 116 cm³/mol. The van der Waals surface area contributed by atoms with Gasteiger partial charge in [0.1, 0.15) is 11.6 Å². The van der Waals surface area contributed by atoms with Crippen LogP contribution in [0.5, 0.6) is 5.75 Å². The average Bonchev–Trinajstić information content (AvgIpc) is 3.25. The molecule has 0 saturated heterocycles. The third-order valence-corrected chi connectivity index (χ3v) is 6.10. The number of hydrogen-bond acceptors (Lipinski definition) is 4. The summed E-state index contributed by atoms with van der Waals surface area (Å²) in [5, 5.41) is 6.75. The van der Waals surface area contributed by atoms with E-state index < -0.39 is 5.82 Å². The van der Waals surface area contributed by atoms with Gasteiger partial charge in [-0.15, -0.1) is 11.3 Å². The molecule has 0 atom stereocenters. The van der Waals surface area contributed by atoms with E-state index in [1.54, 1.807) is 35.2 Å². The Morgan fingerprint density at radius 1 is 1.17 bits per heavy atom. The fourth-order valence-electron chi connectivity index (χ4n) is 3.23. The van der Waals surface area contributed by atoms with Crippen LogP contribution in [0.3, 0.4) is 0 Å². The zero-order valence-electron chi connectivity index (χ0n) is 16.2. The number of thiophene rings is 1. The van der Waals surface area contributed by atoms with Gasteiger partial charge in [-0.2, -0.15) is 5.10 Å². The molecule has 0 saturated carbocycles. The molecular weight excluding hydrogens is 409 g/mol. The van der Waals surface area contributed by atoms with Crippen LogP contribution in [0.2, 0.25) is 5.02 Å². The second kappa shape index (κ2) is 7.97. The molecule has 0 spiro atoms. The molecule has 29 heavy (non-hydrogen) atoms. The van der Waals surface area contributed by atoms with Gasteiger partial charge in [0, 0.05) is 22.9 Å². The minimum atomic E-state index is -0.438. The number of ether oxygens (including phenoxy) is 1. The van der Waals surface area contributed by atoms with Gasteiger partial charge in [0.2, 0.25) is 0 Å². The highest BCUT2D eigenvalue weighted by Gasteiger charge is 2.20. The third-order valence-electron chi connectivity index (χ3n) is 4.66. The molecule has 0 amide bonds. The quantitative estimate of drug-likeness (QED) is 0.371. The summed E-state index contributed by atoms with van der Waals surface area (Å²) in [5.41, 5.74) is 3.39. The molecule has 0 fully saturated rings. The first-order valence-electron chi connectivity index (χ1n) is 9.16. The molecule has 0 unspecified atom stereocenters. The van der Waals surface area contributed by atoms with Crippen molar-refractivity contribution in [1.29, 1.82) is 0 Å². The molecule has 148 valence electrons. The van der Waals surface area contributed by atoms with Gasteiger partial charge in [0.15, 0.2) is 11.6 Å². The smallest absolute Gasteiger partial charge is 0.186 e. The van der Waals surface area contributed by atoms with Crippen molar-refractivity contribution in [3.8, 4) is 39.0 Å². The second-order valence-electron chi connectivity index (χ2n) is 6.54. The van der Waals surface area contributed by atoms with Crippen molar-refractivity contribution in [2.75, 3.05) is 6.61 Å². The molecule has 2 aromatic carbocycles. The number of halogens is 2. The number of hydrogen-bond donors (Lipinski definition) is 0. The molecule has 7 heteroatoms. The molecule has 2 heterocycles. The SMILES string of the molecule is CCOc1ccc(-c2scc(-c3nc(-c4c(F)cccc4Cl)nn3C)c2C)cc1. The molecule has 0 N–H and O–H groups in total.